The Balaban J connectivity index is 0.000000152. The van der Waals surface area contributed by atoms with E-state index in [1.165, 1.54) is 0 Å². The average molecular weight is 783 g/mol. The maximum absolute atomic E-state index is 4.89. The molecular weight excluding hydrogens is 741 g/mol. The van der Waals surface area contributed by atoms with Crippen LogP contribution < -0.4 is 10.6 Å². The lowest BCUT2D eigenvalue weighted by molar-refractivity contribution is 0.921. The first kappa shape index (κ1) is 36.7. The monoisotopic (exact) mass is 782 g/mol. The third kappa shape index (κ3) is 7.41. The Morgan fingerprint density at radius 3 is 1.56 bits per heavy atom. The van der Waals surface area contributed by atoms with Gasteiger partial charge in [0.25, 0.3) is 0 Å². The molecule has 8 aromatic heterocycles. The van der Waals surface area contributed by atoms with Crippen molar-refractivity contribution in [3.63, 3.8) is 0 Å². The van der Waals surface area contributed by atoms with Crippen LogP contribution in [-0.4, -0.2) is 68.9 Å². The van der Waals surface area contributed by atoms with Crippen molar-refractivity contribution in [2.45, 2.75) is 41.5 Å². The molecule has 8 heterocycles. The molecule has 294 valence electrons. The molecule has 10 rings (SSSR count). The van der Waals surface area contributed by atoms with Crippen molar-refractivity contribution >= 4 is 34.8 Å². The maximum atomic E-state index is 4.89. The minimum absolute atomic E-state index is 0.663. The smallest absolute Gasteiger partial charge is 0.215 e. The van der Waals surface area contributed by atoms with E-state index in [-0.39, 0.29) is 0 Å². The largest absolute Gasteiger partial charge is 0.334 e. The number of benzene rings is 2. The number of aromatic amines is 3. The zero-order valence-electron chi connectivity index (χ0n) is 33.7. The summed E-state index contributed by atoms with van der Waals surface area (Å²) >= 11 is 0. The summed E-state index contributed by atoms with van der Waals surface area (Å²) in [5, 5.41) is 28.4. The minimum atomic E-state index is 0.663. The van der Waals surface area contributed by atoms with Gasteiger partial charge in [0, 0.05) is 83.0 Å². The third-order valence-corrected chi connectivity index (χ3v) is 9.89. The number of aryl methyl sites for hydroxylation is 7. The van der Waals surface area contributed by atoms with Crippen molar-refractivity contribution in [1.82, 2.24) is 68.9 Å². The fourth-order valence-electron chi connectivity index (χ4n) is 7.17. The van der Waals surface area contributed by atoms with Crippen molar-refractivity contribution in [1.29, 1.82) is 0 Å². The maximum Gasteiger partial charge on any atom is 0.215 e. The summed E-state index contributed by atoms with van der Waals surface area (Å²) in [5.74, 6) is 2.75. The highest BCUT2D eigenvalue weighted by molar-refractivity contribution is 5.76. The van der Waals surface area contributed by atoms with E-state index in [0.717, 1.165) is 90.4 Å². The second-order valence-electron chi connectivity index (χ2n) is 14.6. The molecule has 0 bridgehead atoms. The van der Waals surface area contributed by atoms with Gasteiger partial charge in [0.1, 0.15) is 11.3 Å². The fourth-order valence-corrected chi connectivity index (χ4v) is 7.17. The second kappa shape index (κ2) is 14.9. The number of aromatic nitrogens is 14. The number of nitrogens with zero attached hydrogens (tertiary/aromatic N) is 11. The zero-order chi connectivity index (χ0) is 40.8. The number of rotatable bonds is 8. The summed E-state index contributed by atoms with van der Waals surface area (Å²) in [5.41, 5.74) is 15.5. The quantitative estimate of drug-likeness (QED) is 0.100. The third-order valence-electron chi connectivity index (χ3n) is 9.89. The molecule has 0 fully saturated rings. The van der Waals surface area contributed by atoms with Gasteiger partial charge >= 0.3 is 0 Å². The summed E-state index contributed by atoms with van der Waals surface area (Å²) in [6.45, 7) is 11.9. The standard InChI is InChI=1S/C22H22N8.C21H20N8/c1-12-8-19(29-26-12)25-22-24-18(10-20-23-13(2)11-30(20)22)16-6-5-7-17(9-16)21-14(3)27-28-15(21)4;1-13-7-19(27-26-13)25-21-24-17(9-20-23-14(2)11-29(20)21)15-5-4-6-16(8-15)18-10-22-12-28(18)3/h5-11H,1-4H3,(H,27,28)(H2,24,25,26,29);4-12H,1-3H3,(H2,24,25,26,27). The lowest BCUT2D eigenvalue weighted by Crippen LogP contribution is -2.03. The Hall–Kier alpha value is -7.88. The van der Waals surface area contributed by atoms with E-state index < -0.39 is 0 Å². The number of nitrogens with one attached hydrogen (secondary N) is 5. The average Bonchev–Trinajstić information content (AvgIpc) is 4.09. The van der Waals surface area contributed by atoms with Crippen molar-refractivity contribution in [3.8, 4) is 44.9 Å². The van der Waals surface area contributed by atoms with E-state index in [1.807, 2.05) is 117 Å². The van der Waals surface area contributed by atoms with Gasteiger partial charge in [0.15, 0.2) is 11.6 Å². The zero-order valence-corrected chi connectivity index (χ0v) is 33.7. The molecule has 59 heavy (non-hydrogen) atoms. The van der Waals surface area contributed by atoms with E-state index in [0.29, 0.717) is 23.5 Å². The number of hydrogen-bond acceptors (Lipinski definition) is 10. The van der Waals surface area contributed by atoms with Crippen LogP contribution in [0.2, 0.25) is 0 Å². The highest BCUT2D eigenvalue weighted by Crippen LogP contribution is 2.31. The lowest BCUT2D eigenvalue weighted by atomic mass is 10.0. The fraction of sp³-hybridized carbons (Fsp3) is 0.163. The number of fused-ring (bicyclic) bond motifs is 2. The van der Waals surface area contributed by atoms with Gasteiger partial charge in [-0.3, -0.25) is 24.1 Å². The van der Waals surface area contributed by atoms with Gasteiger partial charge in [-0.1, -0.05) is 36.4 Å². The first-order valence-corrected chi connectivity index (χ1v) is 19.1. The minimum Gasteiger partial charge on any atom is -0.334 e. The first-order valence-electron chi connectivity index (χ1n) is 19.1. The van der Waals surface area contributed by atoms with Gasteiger partial charge in [-0.25, -0.2) is 24.9 Å². The Morgan fingerprint density at radius 2 is 1.08 bits per heavy atom. The van der Waals surface area contributed by atoms with Crippen LogP contribution in [0.25, 0.3) is 56.2 Å². The molecule has 10 aromatic rings. The van der Waals surface area contributed by atoms with Crippen LogP contribution in [0.15, 0.2) is 97.7 Å². The molecule has 0 spiro atoms. The molecule has 0 unspecified atom stereocenters. The molecule has 0 amide bonds. The number of anilines is 4. The molecule has 0 saturated carbocycles. The summed E-state index contributed by atoms with van der Waals surface area (Å²) in [7, 11) is 1.99. The molecule has 0 aliphatic heterocycles. The highest BCUT2D eigenvalue weighted by atomic mass is 15.3. The molecule has 0 aliphatic rings. The van der Waals surface area contributed by atoms with Gasteiger partial charge in [0.2, 0.25) is 11.9 Å². The van der Waals surface area contributed by atoms with E-state index in [1.54, 1.807) is 6.33 Å². The normalized spacial score (nSPS) is 11.3. The molecule has 0 atom stereocenters. The predicted molar refractivity (Wildman–Crippen MR) is 229 cm³/mol. The molecule has 2 aromatic carbocycles. The second-order valence-corrected chi connectivity index (χ2v) is 14.6. The topological polar surface area (TPSA) is 188 Å². The molecule has 0 aliphatic carbocycles. The van der Waals surface area contributed by atoms with E-state index in [4.69, 9.17) is 9.97 Å². The van der Waals surface area contributed by atoms with Crippen molar-refractivity contribution < 1.29 is 0 Å². The molecular formula is C43H42N16. The molecule has 0 radical (unpaired) electrons. The number of imidazole rings is 3. The van der Waals surface area contributed by atoms with Crippen LogP contribution >= 0.6 is 0 Å². The molecule has 0 saturated heterocycles. The molecule has 16 heteroatoms. The lowest BCUT2D eigenvalue weighted by Gasteiger charge is -2.10. The Bertz CT molecular complexity index is 3090. The van der Waals surface area contributed by atoms with Crippen molar-refractivity contribution in [2.75, 3.05) is 10.6 Å². The highest BCUT2D eigenvalue weighted by Gasteiger charge is 2.15. The van der Waals surface area contributed by atoms with Crippen molar-refractivity contribution in [2.24, 2.45) is 7.05 Å². The Labute approximate surface area is 338 Å². The van der Waals surface area contributed by atoms with Crippen LogP contribution in [0, 0.1) is 41.5 Å². The van der Waals surface area contributed by atoms with Crippen LogP contribution in [0.5, 0.6) is 0 Å². The van der Waals surface area contributed by atoms with Crippen molar-refractivity contribution in [3.05, 3.63) is 132 Å². The summed E-state index contributed by atoms with van der Waals surface area (Å²) in [6.07, 6.45) is 7.58. The van der Waals surface area contributed by atoms with Crippen LogP contribution in [0.3, 0.4) is 0 Å². The summed E-state index contributed by atoms with van der Waals surface area (Å²) in [4.78, 5) is 23.3. The predicted octanol–water partition coefficient (Wildman–Crippen LogP) is 8.37. The SMILES string of the molecule is Cc1cn2c(Nc3cc(C)[nH]n3)nc(-c3cccc(-c4c(C)n[nH]c4C)c3)cc2n1.Cc1cn2c(Nc3cc(C)[nH]n3)nc(-c3cccc(-c4cncn4C)c3)cc2n1. The Kier molecular flexibility index (Phi) is 9.27. The first-order chi connectivity index (χ1) is 28.5. The van der Waals surface area contributed by atoms with Gasteiger partial charge in [-0.15, -0.1) is 0 Å². The van der Waals surface area contributed by atoms with Crippen LogP contribution in [0.1, 0.15) is 34.2 Å². The van der Waals surface area contributed by atoms with Gasteiger partial charge < -0.3 is 15.2 Å². The molecule has 16 nitrogen and oxygen atoms in total. The number of hydrogen-bond donors (Lipinski definition) is 5. The summed E-state index contributed by atoms with van der Waals surface area (Å²) < 4.78 is 5.88. The van der Waals surface area contributed by atoms with Gasteiger partial charge in [-0.05, 0) is 59.2 Å². The van der Waals surface area contributed by atoms with E-state index in [2.05, 4.69) is 92.6 Å². The van der Waals surface area contributed by atoms with E-state index >= 15 is 0 Å². The molecule has 5 N–H and O–H groups in total. The van der Waals surface area contributed by atoms with Gasteiger partial charge in [0.05, 0.1) is 46.7 Å². The summed E-state index contributed by atoms with van der Waals surface area (Å²) in [6, 6.07) is 24.5. The Morgan fingerprint density at radius 1 is 0.559 bits per heavy atom. The number of H-pyrrole nitrogens is 3. The van der Waals surface area contributed by atoms with Gasteiger partial charge in [-0.2, -0.15) is 15.3 Å². The van der Waals surface area contributed by atoms with Crippen LogP contribution in [0.4, 0.5) is 23.5 Å². The van der Waals surface area contributed by atoms with Crippen LogP contribution in [-0.2, 0) is 7.05 Å². The van der Waals surface area contributed by atoms with E-state index in [9.17, 15) is 0 Å².